The number of Topliss-reactive ketones (excluding diaryl/α,β-unsaturated/α-hetero) is 1. The van der Waals surface area contributed by atoms with Gasteiger partial charge in [0, 0.05) is 18.5 Å². The summed E-state index contributed by atoms with van der Waals surface area (Å²) in [6.45, 7) is 3.47. The second kappa shape index (κ2) is 4.89. The Labute approximate surface area is 86.1 Å². The van der Waals surface area contributed by atoms with Gasteiger partial charge in [0.25, 0.3) is 0 Å². The van der Waals surface area contributed by atoms with E-state index in [2.05, 4.69) is 11.9 Å². The maximum absolute atomic E-state index is 11.0. The minimum absolute atomic E-state index is 0.237. The van der Waals surface area contributed by atoms with Crippen LogP contribution in [0.15, 0.2) is 0 Å². The molecule has 1 aliphatic rings. The van der Waals surface area contributed by atoms with Crippen molar-refractivity contribution >= 4 is 5.78 Å². The molecule has 14 heavy (non-hydrogen) atoms. The number of ketones is 1. The van der Waals surface area contributed by atoms with Gasteiger partial charge in [0.1, 0.15) is 5.78 Å². The van der Waals surface area contributed by atoms with E-state index in [0.717, 1.165) is 19.3 Å². The fraction of sp³-hybridized carbons (Fsp3) is 0.909. The quantitative estimate of drug-likeness (QED) is 0.739. The van der Waals surface area contributed by atoms with Gasteiger partial charge in [-0.15, -0.1) is 0 Å². The zero-order valence-electron chi connectivity index (χ0n) is 9.36. The molecule has 0 spiro atoms. The second-order valence-corrected chi connectivity index (χ2v) is 4.54. The molecule has 1 aliphatic heterocycles. The average molecular weight is 199 g/mol. The highest BCUT2D eigenvalue weighted by Crippen LogP contribution is 2.27. The van der Waals surface area contributed by atoms with Crippen LogP contribution in [-0.4, -0.2) is 41.0 Å². The van der Waals surface area contributed by atoms with E-state index >= 15 is 0 Å². The van der Waals surface area contributed by atoms with Crippen molar-refractivity contribution in [1.82, 2.24) is 4.90 Å². The summed E-state index contributed by atoms with van der Waals surface area (Å²) < 4.78 is 0. The first kappa shape index (κ1) is 11.7. The molecule has 3 nitrogen and oxygen atoms in total. The highest BCUT2D eigenvalue weighted by molar-refractivity contribution is 5.76. The van der Waals surface area contributed by atoms with Gasteiger partial charge in [-0.2, -0.15) is 0 Å². The smallest absolute Gasteiger partial charge is 0.131 e. The summed E-state index contributed by atoms with van der Waals surface area (Å²) in [5.74, 6) is 0.263. The molecular weight excluding hydrogens is 178 g/mol. The average Bonchev–Trinajstić information content (AvgIpc) is 2.34. The Morgan fingerprint density at radius 1 is 1.50 bits per heavy atom. The Morgan fingerprint density at radius 3 is 2.57 bits per heavy atom. The molecule has 0 aromatic carbocycles. The largest absolute Gasteiger partial charge is 0.393 e. The summed E-state index contributed by atoms with van der Waals surface area (Å²) in [6.07, 6.45) is 3.45. The molecule has 0 amide bonds. The topological polar surface area (TPSA) is 40.5 Å². The maximum atomic E-state index is 11.0. The van der Waals surface area contributed by atoms with Gasteiger partial charge in [-0.25, -0.2) is 0 Å². The van der Waals surface area contributed by atoms with Gasteiger partial charge in [0.05, 0.1) is 6.10 Å². The summed E-state index contributed by atoms with van der Waals surface area (Å²) in [5.41, 5.74) is 0. The van der Waals surface area contributed by atoms with E-state index in [0.29, 0.717) is 18.5 Å². The fourth-order valence-corrected chi connectivity index (χ4v) is 2.35. The fourth-order valence-electron chi connectivity index (χ4n) is 2.35. The van der Waals surface area contributed by atoms with Crippen molar-refractivity contribution in [2.75, 3.05) is 7.05 Å². The van der Waals surface area contributed by atoms with Crippen LogP contribution in [0.5, 0.6) is 0 Å². The number of nitrogens with zero attached hydrogens (tertiary/aromatic N) is 1. The van der Waals surface area contributed by atoms with E-state index in [9.17, 15) is 9.90 Å². The summed E-state index contributed by atoms with van der Waals surface area (Å²) in [4.78, 5) is 13.3. The molecular formula is C11H21NO2. The summed E-state index contributed by atoms with van der Waals surface area (Å²) in [5, 5.41) is 9.31. The molecule has 0 aliphatic carbocycles. The third kappa shape index (κ3) is 3.07. The molecule has 0 aromatic heterocycles. The highest BCUT2D eigenvalue weighted by atomic mass is 16.3. The lowest BCUT2D eigenvalue weighted by atomic mass is 10.1. The lowest BCUT2D eigenvalue weighted by Crippen LogP contribution is -2.35. The maximum Gasteiger partial charge on any atom is 0.131 e. The Morgan fingerprint density at radius 2 is 2.07 bits per heavy atom. The number of carbonyl (C=O) groups excluding carboxylic acids is 1. The highest BCUT2D eigenvalue weighted by Gasteiger charge is 2.31. The van der Waals surface area contributed by atoms with Crippen molar-refractivity contribution in [3.05, 3.63) is 0 Å². The van der Waals surface area contributed by atoms with Crippen LogP contribution < -0.4 is 0 Å². The van der Waals surface area contributed by atoms with Gasteiger partial charge in [-0.05, 0) is 40.2 Å². The van der Waals surface area contributed by atoms with Crippen LogP contribution >= 0.6 is 0 Å². The summed E-state index contributed by atoms with van der Waals surface area (Å²) >= 11 is 0. The lowest BCUT2D eigenvalue weighted by Gasteiger charge is -2.25. The predicted molar refractivity (Wildman–Crippen MR) is 56.2 cm³/mol. The standard InChI is InChI=1S/C11H21NO2/c1-8(13)6-10-4-5-11(12(10)3)7-9(2)14/h8,10-11,13H,4-7H2,1-3H3/t8?,10?,11-/m1/s1. The predicted octanol–water partition coefficient (Wildman–Crippen LogP) is 1.20. The molecule has 1 fully saturated rings. The lowest BCUT2D eigenvalue weighted by molar-refractivity contribution is -0.118. The van der Waals surface area contributed by atoms with Crippen LogP contribution in [0.25, 0.3) is 0 Å². The van der Waals surface area contributed by atoms with E-state index in [1.807, 2.05) is 6.92 Å². The van der Waals surface area contributed by atoms with Crippen LogP contribution in [0, 0.1) is 0 Å². The van der Waals surface area contributed by atoms with Crippen LogP contribution in [-0.2, 0) is 4.79 Å². The number of hydrogen-bond acceptors (Lipinski definition) is 3. The van der Waals surface area contributed by atoms with Crippen molar-refractivity contribution in [2.24, 2.45) is 0 Å². The van der Waals surface area contributed by atoms with Crippen LogP contribution in [0.3, 0.4) is 0 Å². The van der Waals surface area contributed by atoms with Gasteiger partial charge in [-0.3, -0.25) is 9.69 Å². The van der Waals surface area contributed by atoms with Gasteiger partial charge in [0.15, 0.2) is 0 Å². The number of aliphatic hydroxyl groups excluding tert-OH is 1. The Balaban J connectivity index is 2.42. The third-order valence-corrected chi connectivity index (χ3v) is 3.12. The third-order valence-electron chi connectivity index (χ3n) is 3.12. The van der Waals surface area contributed by atoms with E-state index in [-0.39, 0.29) is 11.9 Å². The molecule has 1 saturated heterocycles. The van der Waals surface area contributed by atoms with Crippen molar-refractivity contribution in [3.8, 4) is 0 Å². The number of hydrogen-bond donors (Lipinski definition) is 1. The first-order valence-electron chi connectivity index (χ1n) is 5.40. The van der Waals surface area contributed by atoms with Crippen LogP contribution in [0.1, 0.15) is 39.5 Å². The molecule has 1 rings (SSSR count). The van der Waals surface area contributed by atoms with Crippen LogP contribution in [0.2, 0.25) is 0 Å². The second-order valence-electron chi connectivity index (χ2n) is 4.54. The Kier molecular flexibility index (Phi) is 4.08. The zero-order valence-corrected chi connectivity index (χ0v) is 9.36. The normalized spacial score (nSPS) is 30.6. The monoisotopic (exact) mass is 199 g/mol. The number of aliphatic hydroxyl groups is 1. The summed E-state index contributed by atoms with van der Waals surface area (Å²) in [7, 11) is 2.06. The van der Waals surface area contributed by atoms with Gasteiger partial charge < -0.3 is 5.11 Å². The van der Waals surface area contributed by atoms with Crippen molar-refractivity contribution in [2.45, 2.75) is 57.7 Å². The van der Waals surface area contributed by atoms with Crippen molar-refractivity contribution < 1.29 is 9.90 Å². The van der Waals surface area contributed by atoms with E-state index in [1.165, 1.54) is 0 Å². The first-order valence-corrected chi connectivity index (χ1v) is 5.40. The molecule has 3 heteroatoms. The SMILES string of the molecule is CC(=O)C[C@H]1CCC(CC(C)O)N1C. The van der Waals surface area contributed by atoms with Crippen molar-refractivity contribution in [3.63, 3.8) is 0 Å². The molecule has 1 N–H and O–H groups in total. The van der Waals surface area contributed by atoms with E-state index in [4.69, 9.17) is 0 Å². The number of rotatable bonds is 4. The molecule has 82 valence electrons. The van der Waals surface area contributed by atoms with E-state index in [1.54, 1.807) is 6.92 Å². The molecule has 1 heterocycles. The zero-order chi connectivity index (χ0) is 10.7. The molecule has 2 unspecified atom stereocenters. The van der Waals surface area contributed by atoms with Crippen LogP contribution in [0.4, 0.5) is 0 Å². The van der Waals surface area contributed by atoms with Gasteiger partial charge >= 0.3 is 0 Å². The molecule has 0 saturated carbocycles. The van der Waals surface area contributed by atoms with Gasteiger partial charge in [0.2, 0.25) is 0 Å². The molecule has 3 atom stereocenters. The van der Waals surface area contributed by atoms with Crippen molar-refractivity contribution in [1.29, 1.82) is 0 Å². The Bertz CT molecular complexity index is 203. The summed E-state index contributed by atoms with van der Waals surface area (Å²) in [6, 6.07) is 0.857. The Hall–Kier alpha value is -0.410. The number of carbonyl (C=O) groups is 1. The number of likely N-dealkylation sites (tertiary alicyclic amines) is 1. The minimum atomic E-state index is -0.237. The van der Waals surface area contributed by atoms with Gasteiger partial charge in [-0.1, -0.05) is 0 Å². The first-order chi connectivity index (χ1) is 6.50. The van der Waals surface area contributed by atoms with E-state index < -0.39 is 0 Å². The molecule has 0 bridgehead atoms. The minimum Gasteiger partial charge on any atom is -0.393 e. The molecule has 0 aromatic rings. The molecule has 0 radical (unpaired) electrons.